The molecule has 84 valence electrons. The highest BCUT2D eigenvalue weighted by molar-refractivity contribution is 9.10. The average Bonchev–Trinajstić information content (AvgIpc) is 2.22. The first-order valence-corrected chi connectivity index (χ1v) is 7.17. The molecular weight excluding hydrogens is 270 g/mol. The average molecular weight is 288 g/mol. The highest BCUT2D eigenvalue weighted by atomic mass is 79.9. The zero-order valence-corrected chi connectivity index (χ0v) is 11.5. The van der Waals surface area contributed by atoms with Crippen molar-refractivity contribution in [1.29, 1.82) is 0 Å². The lowest BCUT2D eigenvalue weighted by molar-refractivity contribution is 0.896. The Morgan fingerprint density at radius 2 is 2.20 bits per heavy atom. The molecule has 1 aromatic carbocycles. The van der Waals surface area contributed by atoms with Crippen molar-refractivity contribution in [2.75, 3.05) is 12.3 Å². The first-order chi connectivity index (χ1) is 7.27. The predicted octanol–water partition coefficient (Wildman–Crippen LogP) is 3.84. The molecule has 0 saturated heterocycles. The summed E-state index contributed by atoms with van der Waals surface area (Å²) in [5, 5.41) is 0. The van der Waals surface area contributed by atoms with Gasteiger partial charge in [0.1, 0.15) is 0 Å². The summed E-state index contributed by atoms with van der Waals surface area (Å²) in [6.07, 6.45) is 3.50. The third kappa shape index (κ3) is 4.58. The van der Waals surface area contributed by atoms with Crippen LogP contribution in [-0.2, 0) is 6.42 Å². The van der Waals surface area contributed by atoms with E-state index in [1.807, 2.05) is 11.8 Å². The number of benzene rings is 1. The molecule has 0 unspecified atom stereocenters. The molecule has 0 aliphatic carbocycles. The van der Waals surface area contributed by atoms with Gasteiger partial charge < -0.3 is 5.73 Å². The lowest BCUT2D eigenvalue weighted by Gasteiger charge is -2.06. The van der Waals surface area contributed by atoms with E-state index in [0.29, 0.717) is 0 Å². The molecular formula is C12H18BrNS. The second kappa shape index (κ2) is 7.31. The molecule has 0 fully saturated rings. The molecule has 0 spiro atoms. The first kappa shape index (κ1) is 13.1. The quantitative estimate of drug-likeness (QED) is 0.635. The third-order valence-electron chi connectivity index (χ3n) is 2.18. The van der Waals surface area contributed by atoms with Crippen LogP contribution in [0, 0.1) is 0 Å². The number of hydrogen-bond acceptors (Lipinski definition) is 2. The van der Waals surface area contributed by atoms with Gasteiger partial charge in [0.05, 0.1) is 0 Å². The number of rotatable bonds is 6. The maximum atomic E-state index is 5.53. The SMILES string of the molecule is CCCCSc1ccc(CCN)cc1Br. The van der Waals surface area contributed by atoms with Crippen LogP contribution in [0.15, 0.2) is 27.6 Å². The zero-order valence-electron chi connectivity index (χ0n) is 9.13. The monoisotopic (exact) mass is 287 g/mol. The summed E-state index contributed by atoms with van der Waals surface area (Å²) in [4.78, 5) is 1.34. The Labute approximate surface area is 105 Å². The fourth-order valence-electron chi connectivity index (χ4n) is 1.31. The van der Waals surface area contributed by atoms with Crippen molar-refractivity contribution < 1.29 is 0 Å². The Kier molecular flexibility index (Phi) is 6.37. The van der Waals surface area contributed by atoms with Gasteiger partial charge in [-0.2, -0.15) is 0 Å². The number of thioether (sulfide) groups is 1. The molecule has 0 saturated carbocycles. The topological polar surface area (TPSA) is 26.0 Å². The van der Waals surface area contributed by atoms with Crippen LogP contribution in [0.2, 0.25) is 0 Å². The van der Waals surface area contributed by atoms with Crippen molar-refractivity contribution in [3.8, 4) is 0 Å². The van der Waals surface area contributed by atoms with Crippen LogP contribution >= 0.6 is 27.7 Å². The van der Waals surface area contributed by atoms with Crippen LogP contribution in [0.3, 0.4) is 0 Å². The molecule has 0 atom stereocenters. The van der Waals surface area contributed by atoms with Gasteiger partial charge in [0.15, 0.2) is 0 Å². The normalized spacial score (nSPS) is 10.6. The molecule has 0 bridgehead atoms. The van der Waals surface area contributed by atoms with E-state index in [2.05, 4.69) is 41.1 Å². The van der Waals surface area contributed by atoms with Gasteiger partial charge in [-0.15, -0.1) is 11.8 Å². The van der Waals surface area contributed by atoms with E-state index in [-0.39, 0.29) is 0 Å². The molecule has 1 nitrogen and oxygen atoms in total. The number of hydrogen-bond donors (Lipinski definition) is 1. The zero-order chi connectivity index (χ0) is 11.1. The van der Waals surface area contributed by atoms with E-state index in [1.54, 1.807) is 0 Å². The first-order valence-electron chi connectivity index (χ1n) is 5.39. The highest BCUT2D eigenvalue weighted by Crippen LogP contribution is 2.29. The van der Waals surface area contributed by atoms with Crippen molar-refractivity contribution >= 4 is 27.7 Å². The Balaban J connectivity index is 2.58. The Morgan fingerprint density at radius 1 is 1.40 bits per heavy atom. The maximum absolute atomic E-state index is 5.53. The number of nitrogens with two attached hydrogens (primary N) is 1. The van der Waals surface area contributed by atoms with E-state index < -0.39 is 0 Å². The van der Waals surface area contributed by atoms with E-state index in [9.17, 15) is 0 Å². The Bertz CT molecular complexity index is 302. The predicted molar refractivity (Wildman–Crippen MR) is 72.5 cm³/mol. The smallest absolute Gasteiger partial charge is 0.0313 e. The summed E-state index contributed by atoms with van der Waals surface area (Å²) >= 11 is 5.53. The van der Waals surface area contributed by atoms with Gasteiger partial charge in [0.2, 0.25) is 0 Å². The minimum Gasteiger partial charge on any atom is -0.330 e. The van der Waals surface area contributed by atoms with E-state index in [0.717, 1.165) is 13.0 Å². The molecule has 1 aromatic rings. The molecule has 0 aromatic heterocycles. The molecule has 1 rings (SSSR count). The number of unbranched alkanes of at least 4 members (excludes halogenated alkanes) is 1. The van der Waals surface area contributed by atoms with Gasteiger partial charge in [-0.1, -0.05) is 19.4 Å². The van der Waals surface area contributed by atoms with Crippen LogP contribution in [-0.4, -0.2) is 12.3 Å². The largest absolute Gasteiger partial charge is 0.330 e. The van der Waals surface area contributed by atoms with Gasteiger partial charge in [-0.3, -0.25) is 0 Å². The fraction of sp³-hybridized carbons (Fsp3) is 0.500. The summed E-state index contributed by atoms with van der Waals surface area (Å²) in [6.45, 7) is 2.94. The van der Waals surface area contributed by atoms with Crippen molar-refractivity contribution in [2.24, 2.45) is 5.73 Å². The van der Waals surface area contributed by atoms with Gasteiger partial charge in [0, 0.05) is 9.37 Å². The van der Waals surface area contributed by atoms with Gasteiger partial charge in [-0.05, 0) is 58.8 Å². The molecule has 0 aliphatic heterocycles. The molecule has 2 N–H and O–H groups in total. The summed E-state index contributed by atoms with van der Waals surface area (Å²) < 4.78 is 1.20. The second-order valence-corrected chi connectivity index (χ2v) is 5.50. The summed E-state index contributed by atoms with van der Waals surface area (Å²) in [5.41, 5.74) is 6.84. The molecule has 0 aliphatic rings. The van der Waals surface area contributed by atoms with Gasteiger partial charge in [0.25, 0.3) is 0 Å². The fourth-order valence-corrected chi connectivity index (χ4v) is 3.09. The summed E-state index contributed by atoms with van der Waals surface area (Å²) in [7, 11) is 0. The van der Waals surface area contributed by atoms with Crippen LogP contribution in [0.25, 0.3) is 0 Å². The van der Waals surface area contributed by atoms with E-state index >= 15 is 0 Å². The highest BCUT2D eigenvalue weighted by Gasteiger charge is 2.01. The number of halogens is 1. The maximum Gasteiger partial charge on any atom is 0.0313 e. The Morgan fingerprint density at radius 3 is 2.80 bits per heavy atom. The standard InChI is InChI=1S/C12H18BrNS/c1-2-3-8-15-12-5-4-10(6-7-14)9-11(12)13/h4-5,9H,2-3,6-8,14H2,1H3. The molecule has 0 radical (unpaired) electrons. The van der Waals surface area contributed by atoms with Crippen LogP contribution in [0.1, 0.15) is 25.3 Å². The summed E-state index contributed by atoms with van der Waals surface area (Å²) in [6, 6.07) is 6.54. The van der Waals surface area contributed by atoms with Crippen LogP contribution in [0.4, 0.5) is 0 Å². The van der Waals surface area contributed by atoms with Crippen molar-refractivity contribution in [2.45, 2.75) is 31.1 Å². The minimum absolute atomic E-state index is 0.717. The van der Waals surface area contributed by atoms with E-state index in [4.69, 9.17) is 5.73 Å². The van der Waals surface area contributed by atoms with E-state index in [1.165, 1.54) is 33.5 Å². The third-order valence-corrected chi connectivity index (χ3v) is 4.26. The second-order valence-electron chi connectivity index (χ2n) is 3.51. The van der Waals surface area contributed by atoms with Crippen LogP contribution in [0.5, 0.6) is 0 Å². The molecule has 0 heterocycles. The summed E-state index contributed by atoms with van der Waals surface area (Å²) in [5.74, 6) is 1.20. The van der Waals surface area contributed by atoms with Crippen molar-refractivity contribution in [1.82, 2.24) is 0 Å². The van der Waals surface area contributed by atoms with Gasteiger partial charge >= 0.3 is 0 Å². The molecule has 0 amide bonds. The van der Waals surface area contributed by atoms with Crippen molar-refractivity contribution in [3.05, 3.63) is 28.2 Å². The lowest BCUT2D eigenvalue weighted by atomic mass is 10.2. The molecule has 3 heteroatoms. The Hall–Kier alpha value is 0.01000. The minimum atomic E-state index is 0.717. The van der Waals surface area contributed by atoms with Crippen LogP contribution < -0.4 is 5.73 Å². The molecule has 15 heavy (non-hydrogen) atoms. The lowest BCUT2D eigenvalue weighted by Crippen LogP contribution is -2.02. The van der Waals surface area contributed by atoms with Crippen molar-refractivity contribution in [3.63, 3.8) is 0 Å². The van der Waals surface area contributed by atoms with Gasteiger partial charge in [-0.25, -0.2) is 0 Å².